The van der Waals surface area contributed by atoms with E-state index in [1.54, 1.807) is 24.3 Å². The summed E-state index contributed by atoms with van der Waals surface area (Å²) in [6, 6.07) is 7.12. The van der Waals surface area contributed by atoms with Crippen LogP contribution in [0.25, 0.3) is 0 Å². The molecule has 0 aromatic heterocycles. The SMILES string of the molecule is C=CCOc1ccccc1C(=O)N/N=C(\CC)CCCC. The first-order valence-electron chi connectivity index (χ1n) is 7.41. The second kappa shape index (κ2) is 9.75. The minimum absolute atomic E-state index is 0.253. The number of hydrazone groups is 1. The van der Waals surface area contributed by atoms with Crippen molar-refractivity contribution in [2.75, 3.05) is 6.61 Å². The molecule has 0 heterocycles. The zero-order valence-electron chi connectivity index (χ0n) is 12.9. The molecule has 114 valence electrons. The van der Waals surface area contributed by atoms with E-state index in [2.05, 4.69) is 24.0 Å². The van der Waals surface area contributed by atoms with Crippen LogP contribution in [0.1, 0.15) is 49.9 Å². The van der Waals surface area contributed by atoms with Crippen LogP contribution >= 0.6 is 0 Å². The number of benzene rings is 1. The Labute approximate surface area is 126 Å². The van der Waals surface area contributed by atoms with Crippen molar-refractivity contribution in [3.05, 3.63) is 42.5 Å². The van der Waals surface area contributed by atoms with Gasteiger partial charge in [-0.1, -0.05) is 45.1 Å². The number of hydrogen-bond acceptors (Lipinski definition) is 3. The molecule has 0 spiro atoms. The molecule has 0 saturated heterocycles. The van der Waals surface area contributed by atoms with Crippen molar-refractivity contribution < 1.29 is 9.53 Å². The van der Waals surface area contributed by atoms with Crippen molar-refractivity contribution in [3.8, 4) is 5.75 Å². The van der Waals surface area contributed by atoms with Gasteiger partial charge in [0.2, 0.25) is 0 Å². The lowest BCUT2D eigenvalue weighted by atomic mass is 10.1. The van der Waals surface area contributed by atoms with Crippen molar-refractivity contribution in [2.24, 2.45) is 5.10 Å². The summed E-state index contributed by atoms with van der Waals surface area (Å²) in [5, 5.41) is 4.22. The molecule has 4 heteroatoms. The molecule has 0 aliphatic heterocycles. The summed E-state index contributed by atoms with van der Waals surface area (Å²) in [5.41, 5.74) is 4.11. The Morgan fingerprint density at radius 3 is 2.81 bits per heavy atom. The van der Waals surface area contributed by atoms with Crippen molar-refractivity contribution in [2.45, 2.75) is 39.5 Å². The third-order valence-corrected chi connectivity index (χ3v) is 3.03. The molecule has 0 fully saturated rings. The van der Waals surface area contributed by atoms with Gasteiger partial charge in [0, 0.05) is 5.71 Å². The molecular weight excluding hydrogens is 264 g/mol. The Hall–Kier alpha value is -2.10. The van der Waals surface area contributed by atoms with Crippen LogP contribution in [0.15, 0.2) is 42.0 Å². The maximum Gasteiger partial charge on any atom is 0.275 e. The van der Waals surface area contributed by atoms with Crippen LogP contribution in [-0.4, -0.2) is 18.2 Å². The molecule has 1 aromatic rings. The van der Waals surface area contributed by atoms with Crippen LogP contribution in [0, 0.1) is 0 Å². The lowest BCUT2D eigenvalue weighted by molar-refractivity contribution is 0.0951. The summed E-state index contributed by atoms with van der Waals surface area (Å²) in [4.78, 5) is 12.2. The van der Waals surface area contributed by atoms with Crippen molar-refractivity contribution in [1.29, 1.82) is 0 Å². The topological polar surface area (TPSA) is 50.7 Å². The van der Waals surface area contributed by atoms with Crippen molar-refractivity contribution in [3.63, 3.8) is 0 Å². The molecule has 0 aliphatic carbocycles. The first kappa shape index (κ1) is 17.0. The standard InChI is InChI=1S/C17H24N2O2/c1-4-7-10-14(6-3)18-19-17(20)15-11-8-9-12-16(15)21-13-5-2/h5,8-9,11-12H,2,4,6-7,10,13H2,1,3H3,(H,19,20)/b18-14+. The molecule has 0 atom stereocenters. The molecule has 0 bridgehead atoms. The molecule has 21 heavy (non-hydrogen) atoms. The van der Waals surface area contributed by atoms with Gasteiger partial charge in [-0.25, -0.2) is 5.43 Å². The molecule has 4 nitrogen and oxygen atoms in total. The first-order valence-corrected chi connectivity index (χ1v) is 7.41. The second-order valence-corrected chi connectivity index (χ2v) is 4.67. The van der Waals surface area contributed by atoms with E-state index in [0.29, 0.717) is 17.9 Å². The number of rotatable bonds is 9. The molecule has 0 saturated carbocycles. The average Bonchev–Trinajstić information content (AvgIpc) is 2.53. The molecule has 1 rings (SSSR count). The highest BCUT2D eigenvalue weighted by atomic mass is 16.5. The molecule has 1 amide bonds. The van der Waals surface area contributed by atoms with Crippen LogP contribution in [0.5, 0.6) is 5.75 Å². The van der Waals surface area contributed by atoms with Gasteiger partial charge in [-0.2, -0.15) is 5.10 Å². The van der Waals surface area contributed by atoms with E-state index < -0.39 is 0 Å². The van der Waals surface area contributed by atoms with Gasteiger partial charge in [0.1, 0.15) is 12.4 Å². The van der Waals surface area contributed by atoms with E-state index >= 15 is 0 Å². The number of amides is 1. The van der Waals surface area contributed by atoms with Crippen molar-refractivity contribution >= 4 is 11.6 Å². The first-order chi connectivity index (χ1) is 10.2. The fourth-order valence-corrected chi connectivity index (χ4v) is 1.81. The Kier molecular flexibility index (Phi) is 7.87. The molecule has 0 unspecified atom stereocenters. The summed E-state index contributed by atoms with van der Waals surface area (Å²) in [7, 11) is 0. The predicted molar refractivity (Wildman–Crippen MR) is 86.9 cm³/mol. The quantitative estimate of drug-likeness (QED) is 0.425. The Balaban J connectivity index is 2.74. The lowest BCUT2D eigenvalue weighted by Gasteiger charge is -2.09. The number of hydrogen-bond donors (Lipinski definition) is 1. The number of carbonyl (C=O) groups is 1. The third kappa shape index (κ3) is 5.81. The fraction of sp³-hybridized carbons (Fsp3) is 0.412. The van der Waals surface area contributed by atoms with Crippen LogP contribution in [-0.2, 0) is 0 Å². The van der Waals surface area contributed by atoms with Gasteiger partial charge in [0.25, 0.3) is 5.91 Å². The summed E-state index contributed by atoms with van der Waals surface area (Å²) in [6.45, 7) is 8.15. The number of ether oxygens (including phenoxy) is 1. The lowest BCUT2D eigenvalue weighted by Crippen LogP contribution is -2.20. The van der Waals surface area contributed by atoms with E-state index in [0.717, 1.165) is 31.4 Å². The zero-order chi connectivity index (χ0) is 15.5. The normalized spacial score (nSPS) is 11.0. The maximum absolute atomic E-state index is 12.2. The smallest absolute Gasteiger partial charge is 0.275 e. The van der Waals surface area contributed by atoms with Gasteiger partial charge in [-0.3, -0.25) is 4.79 Å². The predicted octanol–water partition coefficient (Wildman–Crippen LogP) is 3.94. The monoisotopic (exact) mass is 288 g/mol. The molecular formula is C17H24N2O2. The average molecular weight is 288 g/mol. The highest BCUT2D eigenvalue weighted by molar-refractivity contribution is 5.97. The van der Waals surface area contributed by atoms with Crippen LogP contribution < -0.4 is 10.2 Å². The third-order valence-electron chi connectivity index (χ3n) is 3.03. The number of carbonyl (C=O) groups excluding carboxylic acids is 1. The molecule has 1 N–H and O–H groups in total. The Bertz CT molecular complexity index is 495. The van der Waals surface area contributed by atoms with E-state index in [9.17, 15) is 4.79 Å². The van der Waals surface area contributed by atoms with Gasteiger partial charge in [-0.05, 0) is 31.4 Å². The van der Waals surface area contributed by atoms with E-state index in [1.807, 2.05) is 13.0 Å². The summed E-state index contributed by atoms with van der Waals surface area (Å²) < 4.78 is 5.48. The van der Waals surface area contributed by atoms with Gasteiger partial charge in [-0.15, -0.1) is 0 Å². The Morgan fingerprint density at radius 1 is 1.38 bits per heavy atom. The van der Waals surface area contributed by atoms with E-state index in [4.69, 9.17) is 4.74 Å². The molecule has 0 aliphatic rings. The minimum atomic E-state index is -0.253. The van der Waals surface area contributed by atoms with Crippen LogP contribution in [0.4, 0.5) is 0 Å². The van der Waals surface area contributed by atoms with Gasteiger partial charge >= 0.3 is 0 Å². The summed E-state index contributed by atoms with van der Waals surface area (Å²) in [6.07, 6.45) is 5.61. The van der Waals surface area contributed by atoms with Crippen molar-refractivity contribution in [1.82, 2.24) is 5.43 Å². The van der Waals surface area contributed by atoms with Gasteiger partial charge in [0.15, 0.2) is 0 Å². The zero-order valence-corrected chi connectivity index (χ0v) is 12.9. The number of nitrogens with one attached hydrogen (secondary N) is 1. The minimum Gasteiger partial charge on any atom is -0.489 e. The second-order valence-electron chi connectivity index (χ2n) is 4.67. The summed E-state index contributed by atoms with van der Waals surface area (Å²) in [5.74, 6) is 0.286. The Morgan fingerprint density at radius 2 is 2.14 bits per heavy atom. The largest absolute Gasteiger partial charge is 0.489 e. The number of nitrogens with zero attached hydrogens (tertiary/aromatic N) is 1. The number of unbranched alkanes of at least 4 members (excludes halogenated alkanes) is 1. The van der Waals surface area contributed by atoms with Crippen LogP contribution in [0.2, 0.25) is 0 Å². The maximum atomic E-state index is 12.2. The highest BCUT2D eigenvalue weighted by Crippen LogP contribution is 2.17. The van der Waals surface area contributed by atoms with E-state index in [-0.39, 0.29) is 5.91 Å². The van der Waals surface area contributed by atoms with Gasteiger partial charge in [0.05, 0.1) is 5.56 Å². The summed E-state index contributed by atoms with van der Waals surface area (Å²) >= 11 is 0. The molecule has 1 aromatic carbocycles. The fourth-order valence-electron chi connectivity index (χ4n) is 1.81. The van der Waals surface area contributed by atoms with Gasteiger partial charge < -0.3 is 4.74 Å². The molecule has 0 radical (unpaired) electrons. The van der Waals surface area contributed by atoms with Crippen LogP contribution in [0.3, 0.4) is 0 Å². The number of para-hydroxylation sites is 1. The van der Waals surface area contributed by atoms with E-state index in [1.165, 1.54) is 0 Å². The highest BCUT2D eigenvalue weighted by Gasteiger charge is 2.11.